The molecule has 0 aromatic heterocycles. The average Bonchev–Trinajstić information content (AvgIpc) is 2.56. The summed E-state index contributed by atoms with van der Waals surface area (Å²) in [5.41, 5.74) is 0. The minimum Gasteiger partial charge on any atom is -0.394 e. The minimum absolute atomic E-state index is 0.294. The molecule has 1 aliphatic heterocycles. The van der Waals surface area contributed by atoms with Gasteiger partial charge in [-0.1, -0.05) is 0 Å². The summed E-state index contributed by atoms with van der Waals surface area (Å²) in [5.74, 6) is 0. The molecule has 1 aliphatic rings. The predicted molar refractivity (Wildman–Crippen MR) is 70.8 cm³/mol. The molecule has 11 nitrogen and oxygen atoms in total. The van der Waals surface area contributed by atoms with Gasteiger partial charge in [-0.05, 0) is 0 Å². The summed E-state index contributed by atoms with van der Waals surface area (Å²) < 4.78 is 15.2. The highest BCUT2D eigenvalue weighted by atomic mass is 16.8. The molecular weight excluding hydrogens is 320 g/mol. The second-order valence-corrected chi connectivity index (χ2v) is 5.04. The van der Waals surface area contributed by atoms with Gasteiger partial charge in [-0.3, -0.25) is 0 Å². The average molecular weight is 344 g/mol. The van der Waals surface area contributed by atoms with Crippen molar-refractivity contribution in [3.63, 3.8) is 0 Å². The Balaban J connectivity index is 2.79. The zero-order valence-electron chi connectivity index (χ0n) is 12.2. The zero-order chi connectivity index (χ0) is 17.6. The van der Waals surface area contributed by atoms with Gasteiger partial charge < -0.3 is 55.1 Å². The lowest BCUT2D eigenvalue weighted by Crippen LogP contribution is -2.60. The first-order valence-corrected chi connectivity index (χ1v) is 7.02. The maximum Gasteiger partial charge on any atom is 0.189 e. The molecule has 11 heteroatoms. The van der Waals surface area contributed by atoms with Crippen molar-refractivity contribution in [2.75, 3.05) is 26.4 Å². The molecule has 8 atom stereocenters. The van der Waals surface area contributed by atoms with Crippen LogP contribution >= 0.6 is 0 Å². The van der Waals surface area contributed by atoms with E-state index in [4.69, 9.17) is 29.5 Å². The maximum atomic E-state index is 9.83. The van der Waals surface area contributed by atoms with Crippen molar-refractivity contribution in [3.8, 4) is 0 Å². The van der Waals surface area contributed by atoms with Crippen molar-refractivity contribution in [2.45, 2.75) is 49.2 Å². The highest BCUT2D eigenvalue weighted by Gasteiger charge is 2.46. The summed E-state index contributed by atoms with van der Waals surface area (Å²) in [7, 11) is 0. The fourth-order valence-electron chi connectivity index (χ4n) is 1.99. The van der Waals surface area contributed by atoms with E-state index in [1.807, 2.05) is 0 Å². The maximum absolute atomic E-state index is 9.83. The van der Waals surface area contributed by atoms with Gasteiger partial charge in [0.1, 0.15) is 36.6 Å². The number of hydrogen-bond acceptors (Lipinski definition) is 11. The van der Waals surface area contributed by atoms with Crippen LogP contribution in [-0.2, 0) is 14.2 Å². The van der Waals surface area contributed by atoms with E-state index < -0.39 is 69.0 Å². The zero-order valence-corrected chi connectivity index (χ0v) is 12.2. The molecule has 0 aromatic rings. The van der Waals surface area contributed by atoms with Crippen molar-refractivity contribution >= 4 is 0 Å². The summed E-state index contributed by atoms with van der Waals surface area (Å²) in [6.07, 6.45) is -12.8. The quantitative estimate of drug-likeness (QED) is 0.187. The topological polar surface area (TPSA) is 190 Å². The standard InChI is InChI=1S/C12H24O11/c13-1-2-21-11(7(17)5(16)3-14)23-12-10(20)9(19)8(18)6(4-15)22-12/h5-20H,1-4H2/t5?,6?,7?,8-,9-,10?,11+,12+/m1/s1. The van der Waals surface area contributed by atoms with Gasteiger partial charge in [0.05, 0.1) is 26.4 Å². The second kappa shape index (κ2) is 9.76. The number of aliphatic hydroxyl groups excluding tert-OH is 8. The Kier molecular flexibility index (Phi) is 8.74. The largest absolute Gasteiger partial charge is 0.394 e. The van der Waals surface area contributed by atoms with Crippen LogP contribution < -0.4 is 0 Å². The van der Waals surface area contributed by atoms with Crippen LogP contribution in [0, 0.1) is 0 Å². The van der Waals surface area contributed by atoms with E-state index in [1.54, 1.807) is 0 Å². The van der Waals surface area contributed by atoms with Crippen molar-refractivity contribution in [1.82, 2.24) is 0 Å². The third-order valence-corrected chi connectivity index (χ3v) is 3.35. The molecule has 0 aromatic carbocycles. The molecule has 1 saturated heterocycles. The highest BCUT2D eigenvalue weighted by Crippen LogP contribution is 2.24. The lowest BCUT2D eigenvalue weighted by molar-refractivity contribution is -0.352. The van der Waals surface area contributed by atoms with Gasteiger partial charge >= 0.3 is 0 Å². The van der Waals surface area contributed by atoms with Gasteiger partial charge in [0.25, 0.3) is 0 Å². The number of ether oxygens (including phenoxy) is 3. The fourth-order valence-corrected chi connectivity index (χ4v) is 1.99. The monoisotopic (exact) mass is 344 g/mol. The van der Waals surface area contributed by atoms with Crippen LogP contribution in [0.4, 0.5) is 0 Å². The van der Waals surface area contributed by atoms with Crippen LogP contribution in [0.2, 0.25) is 0 Å². The van der Waals surface area contributed by atoms with E-state index in [0.29, 0.717) is 0 Å². The van der Waals surface area contributed by atoms with Crippen LogP contribution in [0.25, 0.3) is 0 Å². The minimum atomic E-state index is -1.75. The molecule has 23 heavy (non-hydrogen) atoms. The first-order valence-electron chi connectivity index (χ1n) is 7.02. The number of rotatable bonds is 9. The fraction of sp³-hybridized carbons (Fsp3) is 1.00. The smallest absolute Gasteiger partial charge is 0.189 e. The molecule has 1 heterocycles. The molecule has 0 amide bonds. The van der Waals surface area contributed by atoms with Gasteiger partial charge in [0, 0.05) is 0 Å². The predicted octanol–water partition coefficient (Wildman–Crippen LogP) is -5.15. The van der Waals surface area contributed by atoms with Gasteiger partial charge in [0.15, 0.2) is 12.6 Å². The van der Waals surface area contributed by atoms with Crippen LogP contribution in [0.1, 0.15) is 0 Å². The summed E-state index contributed by atoms with van der Waals surface area (Å²) in [4.78, 5) is 0. The van der Waals surface area contributed by atoms with Crippen molar-refractivity contribution in [2.24, 2.45) is 0 Å². The Morgan fingerprint density at radius 1 is 0.957 bits per heavy atom. The molecule has 0 radical (unpaired) electrons. The molecular formula is C12H24O11. The van der Waals surface area contributed by atoms with Gasteiger partial charge in [-0.2, -0.15) is 0 Å². The Hall–Kier alpha value is -0.440. The van der Waals surface area contributed by atoms with E-state index in [1.165, 1.54) is 0 Å². The van der Waals surface area contributed by atoms with Gasteiger partial charge in [-0.25, -0.2) is 0 Å². The van der Waals surface area contributed by atoms with E-state index in [0.717, 1.165) is 0 Å². The van der Waals surface area contributed by atoms with Crippen molar-refractivity contribution < 1.29 is 55.1 Å². The lowest BCUT2D eigenvalue weighted by Gasteiger charge is -2.41. The normalized spacial score (nSPS) is 35.7. The van der Waals surface area contributed by atoms with Crippen LogP contribution in [-0.4, -0.2) is 116 Å². The molecule has 0 aliphatic carbocycles. The number of hydrogen-bond donors (Lipinski definition) is 8. The molecule has 4 unspecified atom stereocenters. The summed E-state index contributed by atoms with van der Waals surface area (Å²) >= 11 is 0. The SMILES string of the molecule is OCCO[C@@H](O[C@@H]1OC(CO)[C@@H](O)[C@@H](O)C1O)C(O)C(O)CO. The van der Waals surface area contributed by atoms with Gasteiger partial charge in [-0.15, -0.1) is 0 Å². The number of aliphatic hydroxyl groups is 8. The molecule has 1 fully saturated rings. The van der Waals surface area contributed by atoms with Crippen LogP contribution in [0.3, 0.4) is 0 Å². The third-order valence-electron chi connectivity index (χ3n) is 3.35. The molecule has 8 N–H and O–H groups in total. The van der Waals surface area contributed by atoms with E-state index >= 15 is 0 Å². The summed E-state index contributed by atoms with van der Waals surface area (Å²) in [6, 6.07) is 0. The molecule has 138 valence electrons. The third kappa shape index (κ3) is 5.27. The summed E-state index contributed by atoms with van der Waals surface area (Å²) in [5, 5.41) is 75.0. The van der Waals surface area contributed by atoms with E-state index in [9.17, 15) is 25.5 Å². The van der Waals surface area contributed by atoms with Crippen LogP contribution in [0.5, 0.6) is 0 Å². The van der Waals surface area contributed by atoms with Gasteiger partial charge in [0.2, 0.25) is 0 Å². The van der Waals surface area contributed by atoms with Crippen molar-refractivity contribution in [1.29, 1.82) is 0 Å². The highest BCUT2D eigenvalue weighted by molar-refractivity contribution is 4.89. The van der Waals surface area contributed by atoms with E-state index in [2.05, 4.69) is 0 Å². The Labute approximate surface area is 131 Å². The van der Waals surface area contributed by atoms with Crippen LogP contribution in [0.15, 0.2) is 0 Å². The Morgan fingerprint density at radius 2 is 1.61 bits per heavy atom. The Bertz CT molecular complexity index is 324. The van der Waals surface area contributed by atoms with Crippen molar-refractivity contribution in [3.05, 3.63) is 0 Å². The molecule has 0 saturated carbocycles. The second-order valence-electron chi connectivity index (χ2n) is 5.04. The Morgan fingerprint density at radius 3 is 2.13 bits per heavy atom. The molecule has 1 rings (SSSR count). The first-order chi connectivity index (χ1) is 10.9. The molecule has 0 spiro atoms. The lowest BCUT2D eigenvalue weighted by atomic mass is 9.99. The first kappa shape index (κ1) is 20.6. The van der Waals surface area contributed by atoms with E-state index in [-0.39, 0.29) is 6.61 Å². The summed E-state index contributed by atoms with van der Waals surface area (Å²) in [6.45, 7) is -2.21. The molecule has 0 bridgehead atoms.